The van der Waals surface area contributed by atoms with E-state index in [2.05, 4.69) is 15.5 Å². The van der Waals surface area contributed by atoms with E-state index in [0.717, 1.165) is 32.3 Å². The van der Waals surface area contributed by atoms with Crippen LogP contribution in [0.25, 0.3) is 5.65 Å². The highest BCUT2D eigenvalue weighted by Gasteiger charge is 2.47. The van der Waals surface area contributed by atoms with E-state index in [1.807, 2.05) is 0 Å². The van der Waals surface area contributed by atoms with Crippen molar-refractivity contribution < 1.29 is 9.53 Å². The first-order chi connectivity index (χ1) is 10.7. The molecule has 0 spiro atoms. The van der Waals surface area contributed by atoms with Crippen LogP contribution in [0.2, 0.25) is 0 Å². The molecule has 1 amide bonds. The third kappa shape index (κ3) is 2.04. The summed E-state index contributed by atoms with van der Waals surface area (Å²) in [6.07, 6.45) is 6.18. The van der Waals surface area contributed by atoms with E-state index in [0.29, 0.717) is 17.8 Å². The molecule has 1 aliphatic heterocycles. The molecule has 3 heterocycles. The van der Waals surface area contributed by atoms with Crippen LogP contribution in [-0.4, -0.2) is 39.8 Å². The van der Waals surface area contributed by atoms with Crippen molar-refractivity contribution in [1.82, 2.24) is 19.9 Å². The maximum atomic E-state index is 12.4. The molecule has 2 fully saturated rings. The summed E-state index contributed by atoms with van der Waals surface area (Å²) in [6.45, 7) is 1.42. The molecule has 1 saturated carbocycles. The second-order valence-corrected chi connectivity index (χ2v) is 6.22. The van der Waals surface area contributed by atoms with Gasteiger partial charge in [0.1, 0.15) is 0 Å². The van der Waals surface area contributed by atoms with Crippen LogP contribution in [0.15, 0.2) is 23.1 Å². The number of pyridine rings is 1. The number of H-pyrrole nitrogens is 1. The van der Waals surface area contributed by atoms with E-state index in [4.69, 9.17) is 4.74 Å². The number of amides is 1. The minimum absolute atomic E-state index is 0.103. The smallest absolute Gasteiger partial charge is 0.347 e. The van der Waals surface area contributed by atoms with Gasteiger partial charge in [0.25, 0.3) is 5.91 Å². The average molecular weight is 302 g/mol. The lowest BCUT2D eigenvalue weighted by Crippen LogP contribution is -2.39. The van der Waals surface area contributed by atoms with E-state index in [1.165, 1.54) is 10.6 Å². The van der Waals surface area contributed by atoms with Crippen LogP contribution in [0.3, 0.4) is 0 Å². The van der Waals surface area contributed by atoms with Crippen LogP contribution in [0, 0.1) is 5.41 Å². The first-order valence-corrected chi connectivity index (χ1v) is 7.65. The molecule has 2 atom stereocenters. The first-order valence-electron chi connectivity index (χ1n) is 7.65. The first kappa shape index (κ1) is 13.5. The van der Waals surface area contributed by atoms with Gasteiger partial charge in [0.2, 0.25) is 0 Å². The summed E-state index contributed by atoms with van der Waals surface area (Å²) in [6, 6.07) is 3.34. The van der Waals surface area contributed by atoms with Crippen LogP contribution in [-0.2, 0) is 4.74 Å². The van der Waals surface area contributed by atoms with Gasteiger partial charge in [0.05, 0.1) is 11.7 Å². The van der Waals surface area contributed by atoms with Crippen molar-refractivity contribution in [3.8, 4) is 0 Å². The van der Waals surface area contributed by atoms with Gasteiger partial charge in [-0.15, -0.1) is 0 Å². The molecule has 0 bridgehead atoms. The number of ether oxygens (including phenoxy) is 1. The summed E-state index contributed by atoms with van der Waals surface area (Å²) >= 11 is 0. The number of hydrogen-bond donors (Lipinski definition) is 2. The van der Waals surface area contributed by atoms with Gasteiger partial charge in [-0.25, -0.2) is 14.3 Å². The molecule has 0 radical (unpaired) electrons. The van der Waals surface area contributed by atoms with Crippen LogP contribution in [0.1, 0.15) is 36.0 Å². The third-order valence-electron chi connectivity index (χ3n) is 5.02. The maximum absolute atomic E-state index is 12.4. The number of carbonyl (C=O) groups excluding carboxylic acids is 1. The van der Waals surface area contributed by atoms with Crippen molar-refractivity contribution in [2.75, 3.05) is 13.2 Å². The van der Waals surface area contributed by atoms with Gasteiger partial charge in [0, 0.05) is 24.8 Å². The number of aromatic nitrogens is 3. The summed E-state index contributed by atoms with van der Waals surface area (Å²) in [5.41, 5.74) is 0.719. The molecule has 116 valence electrons. The Hall–Kier alpha value is -2.15. The second kappa shape index (κ2) is 4.95. The lowest BCUT2D eigenvalue weighted by molar-refractivity contribution is 0.0669. The summed E-state index contributed by atoms with van der Waals surface area (Å²) < 4.78 is 7.11. The minimum atomic E-state index is -0.344. The zero-order valence-corrected chi connectivity index (χ0v) is 12.2. The summed E-state index contributed by atoms with van der Waals surface area (Å²) in [7, 11) is 0. The molecule has 2 N–H and O–H groups in total. The molecular weight excluding hydrogens is 284 g/mol. The number of rotatable bonds is 3. The Morgan fingerprint density at radius 3 is 3.32 bits per heavy atom. The van der Waals surface area contributed by atoms with E-state index >= 15 is 0 Å². The molecular formula is C15H18N4O3. The Morgan fingerprint density at radius 2 is 2.41 bits per heavy atom. The standard InChI is InChI=1S/C15H18N4O3/c20-13(10-3-4-12-17-18-14(21)19(12)8-10)16-9-15-5-1-2-11(15)22-7-6-15/h3-4,8,11H,1-2,5-7,9H2,(H,16,20)(H,18,21)/t11-,15-/m1/s1. The Labute approximate surface area is 126 Å². The summed E-state index contributed by atoms with van der Waals surface area (Å²) in [5, 5.41) is 9.22. The number of hydrogen-bond acceptors (Lipinski definition) is 4. The van der Waals surface area contributed by atoms with Gasteiger partial charge < -0.3 is 10.1 Å². The van der Waals surface area contributed by atoms with E-state index in [9.17, 15) is 9.59 Å². The highest BCUT2D eigenvalue weighted by molar-refractivity contribution is 5.94. The van der Waals surface area contributed by atoms with Gasteiger partial charge >= 0.3 is 5.69 Å². The monoisotopic (exact) mass is 302 g/mol. The predicted molar refractivity (Wildman–Crippen MR) is 78.8 cm³/mol. The van der Waals surface area contributed by atoms with E-state index < -0.39 is 0 Å². The van der Waals surface area contributed by atoms with Gasteiger partial charge in [0.15, 0.2) is 5.65 Å². The van der Waals surface area contributed by atoms with Crippen molar-refractivity contribution in [2.45, 2.75) is 31.8 Å². The minimum Gasteiger partial charge on any atom is -0.378 e. The maximum Gasteiger partial charge on any atom is 0.347 e. The quantitative estimate of drug-likeness (QED) is 0.874. The van der Waals surface area contributed by atoms with Gasteiger partial charge in [-0.1, -0.05) is 6.42 Å². The molecule has 0 unspecified atom stereocenters. The van der Waals surface area contributed by atoms with Crippen molar-refractivity contribution >= 4 is 11.6 Å². The lowest BCUT2D eigenvalue weighted by atomic mass is 9.83. The number of nitrogens with zero attached hydrogens (tertiary/aromatic N) is 2. The molecule has 0 aromatic carbocycles. The molecule has 4 rings (SSSR count). The van der Waals surface area contributed by atoms with Crippen LogP contribution >= 0.6 is 0 Å². The van der Waals surface area contributed by atoms with Crippen molar-refractivity contribution in [3.63, 3.8) is 0 Å². The highest BCUT2D eigenvalue weighted by atomic mass is 16.5. The average Bonchev–Trinajstić information content (AvgIpc) is 3.19. The molecule has 7 heteroatoms. The largest absolute Gasteiger partial charge is 0.378 e. The highest BCUT2D eigenvalue weighted by Crippen LogP contribution is 2.46. The van der Waals surface area contributed by atoms with Crippen LogP contribution < -0.4 is 11.0 Å². The molecule has 1 saturated heterocycles. The number of aromatic amines is 1. The normalized spacial score (nSPS) is 27.2. The van der Waals surface area contributed by atoms with Crippen molar-refractivity contribution in [3.05, 3.63) is 34.4 Å². The molecule has 22 heavy (non-hydrogen) atoms. The summed E-state index contributed by atoms with van der Waals surface area (Å²) in [4.78, 5) is 23.9. The zero-order chi connectivity index (χ0) is 15.2. The lowest BCUT2D eigenvalue weighted by Gasteiger charge is -2.27. The van der Waals surface area contributed by atoms with Gasteiger partial charge in [-0.05, 0) is 31.4 Å². The van der Waals surface area contributed by atoms with Crippen molar-refractivity contribution in [1.29, 1.82) is 0 Å². The Balaban J connectivity index is 1.51. The van der Waals surface area contributed by atoms with E-state index in [-0.39, 0.29) is 23.1 Å². The number of carbonyl (C=O) groups is 1. The van der Waals surface area contributed by atoms with Crippen LogP contribution in [0.5, 0.6) is 0 Å². The van der Waals surface area contributed by atoms with Gasteiger partial charge in [-0.3, -0.25) is 4.79 Å². The molecule has 2 aromatic heterocycles. The van der Waals surface area contributed by atoms with Crippen LogP contribution in [0.4, 0.5) is 0 Å². The Morgan fingerprint density at radius 1 is 1.50 bits per heavy atom. The zero-order valence-electron chi connectivity index (χ0n) is 12.2. The molecule has 7 nitrogen and oxygen atoms in total. The third-order valence-corrected chi connectivity index (χ3v) is 5.02. The summed E-state index contributed by atoms with van der Waals surface area (Å²) in [5.74, 6) is -0.165. The fourth-order valence-electron chi connectivity index (χ4n) is 3.75. The fourth-order valence-corrected chi connectivity index (χ4v) is 3.75. The molecule has 2 aliphatic rings. The van der Waals surface area contributed by atoms with Gasteiger partial charge in [-0.2, -0.15) is 5.10 Å². The van der Waals surface area contributed by atoms with E-state index in [1.54, 1.807) is 12.1 Å². The number of nitrogens with one attached hydrogen (secondary N) is 2. The number of fused-ring (bicyclic) bond motifs is 2. The SMILES string of the molecule is O=C(NC[C@]12CCC[C@H]1OCC2)c1ccc2n[nH]c(=O)n2c1. The second-order valence-electron chi connectivity index (χ2n) is 6.22. The predicted octanol–water partition coefficient (Wildman–Crippen LogP) is 0.712. The fraction of sp³-hybridized carbons (Fsp3) is 0.533. The Bertz CT molecular complexity index is 768. The Kier molecular flexibility index (Phi) is 3.04. The molecule has 2 aromatic rings. The molecule has 1 aliphatic carbocycles. The van der Waals surface area contributed by atoms with Crippen molar-refractivity contribution in [2.24, 2.45) is 5.41 Å². The topological polar surface area (TPSA) is 88.5 Å².